The van der Waals surface area contributed by atoms with Gasteiger partial charge in [0.15, 0.2) is 10.3 Å². The molecule has 3 heterocycles. The summed E-state index contributed by atoms with van der Waals surface area (Å²) in [7, 11) is 0. The zero-order chi connectivity index (χ0) is 27.3. The molecule has 2 amide bonds. The number of nitrogens with zero attached hydrogens (tertiary/aromatic N) is 3. The smallest absolute Gasteiger partial charge is 0.247 e. The maximum Gasteiger partial charge on any atom is 0.247 e. The van der Waals surface area contributed by atoms with Crippen LogP contribution in [0.2, 0.25) is 0 Å². The minimum Gasteiger partial charge on any atom is -0.353 e. The fraction of sp³-hybridized carbons (Fsp3) is 0.233. The van der Waals surface area contributed by atoms with Gasteiger partial charge in [-0.3, -0.25) is 9.59 Å². The molecule has 4 aromatic rings. The van der Waals surface area contributed by atoms with Gasteiger partial charge in [-0.1, -0.05) is 59.3 Å². The van der Waals surface area contributed by atoms with Gasteiger partial charge in [0.05, 0.1) is 22.4 Å². The SMILES string of the molecule is Cc1ccc2c(c1)[C@@](C)(Cc1nc(S[C@H]3CC(=O)N(c4ccccc4)C3=O)nc3ccc(C)cc13)NC(=S)N2. The van der Waals surface area contributed by atoms with Gasteiger partial charge in [-0.05, 0) is 63.3 Å². The number of anilines is 2. The van der Waals surface area contributed by atoms with Crippen molar-refractivity contribution in [1.82, 2.24) is 15.3 Å². The third-order valence-corrected chi connectivity index (χ3v) is 8.46. The van der Waals surface area contributed by atoms with Gasteiger partial charge in [-0.25, -0.2) is 14.9 Å². The summed E-state index contributed by atoms with van der Waals surface area (Å²) in [5.41, 5.74) is 6.08. The number of benzene rings is 3. The van der Waals surface area contributed by atoms with Crippen LogP contribution in [-0.4, -0.2) is 32.1 Å². The first-order chi connectivity index (χ1) is 18.7. The van der Waals surface area contributed by atoms with E-state index in [1.807, 2.05) is 37.3 Å². The number of carbonyl (C=O) groups excluding carboxylic acids is 2. The fourth-order valence-corrected chi connectivity index (χ4v) is 6.65. The first kappa shape index (κ1) is 25.5. The number of thiocarbonyl (C=S) groups is 1. The van der Waals surface area contributed by atoms with E-state index in [4.69, 9.17) is 22.2 Å². The van der Waals surface area contributed by atoms with Crippen molar-refractivity contribution in [3.05, 3.63) is 89.1 Å². The van der Waals surface area contributed by atoms with E-state index in [2.05, 4.69) is 48.7 Å². The Bertz CT molecular complexity index is 1660. The van der Waals surface area contributed by atoms with Crippen molar-refractivity contribution in [2.24, 2.45) is 0 Å². The Labute approximate surface area is 236 Å². The predicted octanol–water partition coefficient (Wildman–Crippen LogP) is 5.43. The highest BCUT2D eigenvalue weighted by molar-refractivity contribution is 8.00. The lowest BCUT2D eigenvalue weighted by Gasteiger charge is -2.39. The van der Waals surface area contributed by atoms with Crippen LogP contribution in [0.1, 0.15) is 35.7 Å². The Morgan fingerprint density at radius 2 is 1.77 bits per heavy atom. The van der Waals surface area contributed by atoms with Crippen LogP contribution in [0.15, 0.2) is 71.9 Å². The quantitative estimate of drug-likeness (QED) is 0.192. The first-order valence-electron chi connectivity index (χ1n) is 12.8. The van der Waals surface area contributed by atoms with Crippen LogP contribution in [0.3, 0.4) is 0 Å². The fourth-order valence-electron chi connectivity index (χ4n) is 5.31. The molecule has 1 saturated heterocycles. The molecule has 9 heteroatoms. The molecule has 2 atom stereocenters. The van der Waals surface area contributed by atoms with Gasteiger partial charge in [0, 0.05) is 29.5 Å². The number of amides is 2. The molecule has 7 nitrogen and oxygen atoms in total. The molecule has 39 heavy (non-hydrogen) atoms. The maximum atomic E-state index is 13.3. The lowest BCUT2D eigenvalue weighted by atomic mass is 9.83. The zero-order valence-electron chi connectivity index (χ0n) is 21.8. The summed E-state index contributed by atoms with van der Waals surface area (Å²) in [6, 6.07) is 21.4. The van der Waals surface area contributed by atoms with Crippen LogP contribution >= 0.6 is 24.0 Å². The molecule has 0 unspecified atom stereocenters. The Balaban J connectivity index is 1.38. The van der Waals surface area contributed by atoms with E-state index in [9.17, 15) is 9.59 Å². The number of aromatic nitrogens is 2. The molecule has 2 N–H and O–H groups in total. The minimum atomic E-state index is -0.586. The molecule has 1 fully saturated rings. The number of nitrogens with one attached hydrogen (secondary N) is 2. The lowest BCUT2D eigenvalue weighted by molar-refractivity contribution is -0.121. The molecule has 3 aromatic carbocycles. The van der Waals surface area contributed by atoms with Crippen LogP contribution < -0.4 is 15.5 Å². The summed E-state index contributed by atoms with van der Waals surface area (Å²) in [5, 5.41) is 8.17. The molecule has 1 aromatic heterocycles. The van der Waals surface area contributed by atoms with E-state index in [0.29, 0.717) is 22.4 Å². The maximum absolute atomic E-state index is 13.3. The molecule has 0 radical (unpaired) electrons. The minimum absolute atomic E-state index is 0.106. The number of thioether (sulfide) groups is 1. The van der Waals surface area contributed by atoms with E-state index < -0.39 is 10.8 Å². The van der Waals surface area contributed by atoms with Crippen molar-refractivity contribution in [1.29, 1.82) is 0 Å². The largest absolute Gasteiger partial charge is 0.353 e. The molecule has 0 saturated carbocycles. The zero-order valence-corrected chi connectivity index (χ0v) is 23.5. The molecular weight excluding hydrogens is 526 g/mol. The first-order valence-corrected chi connectivity index (χ1v) is 14.0. The number of hydrogen-bond acceptors (Lipinski definition) is 6. The summed E-state index contributed by atoms with van der Waals surface area (Å²) >= 11 is 6.81. The summed E-state index contributed by atoms with van der Waals surface area (Å²) in [4.78, 5) is 37.1. The molecule has 2 aliphatic heterocycles. The van der Waals surface area contributed by atoms with Crippen molar-refractivity contribution in [3.63, 3.8) is 0 Å². The number of imide groups is 1. The monoisotopic (exact) mass is 553 g/mol. The van der Waals surface area contributed by atoms with Crippen molar-refractivity contribution < 1.29 is 9.59 Å². The van der Waals surface area contributed by atoms with Crippen molar-refractivity contribution in [2.75, 3.05) is 10.2 Å². The average Bonchev–Trinajstić information content (AvgIpc) is 3.17. The van der Waals surface area contributed by atoms with E-state index in [0.717, 1.165) is 39.0 Å². The van der Waals surface area contributed by atoms with Gasteiger partial charge in [0.1, 0.15) is 5.25 Å². The average molecular weight is 554 g/mol. The van der Waals surface area contributed by atoms with E-state index in [1.165, 1.54) is 16.7 Å². The third-order valence-electron chi connectivity index (χ3n) is 7.21. The third kappa shape index (κ3) is 4.77. The number of rotatable bonds is 5. The molecule has 2 aliphatic rings. The number of hydrogen-bond donors (Lipinski definition) is 2. The van der Waals surface area contributed by atoms with Crippen LogP contribution in [0.25, 0.3) is 10.9 Å². The van der Waals surface area contributed by atoms with Crippen LogP contribution in [0.4, 0.5) is 11.4 Å². The van der Waals surface area contributed by atoms with Gasteiger partial charge in [-0.15, -0.1) is 0 Å². The van der Waals surface area contributed by atoms with E-state index in [-0.39, 0.29) is 18.2 Å². The summed E-state index contributed by atoms with van der Waals surface area (Å²) in [6.07, 6.45) is 0.657. The van der Waals surface area contributed by atoms with Crippen molar-refractivity contribution in [3.8, 4) is 0 Å². The normalized spacial score (nSPS) is 20.6. The van der Waals surface area contributed by atoms with E-state index >= 15 is 0 Å². The van der Waals surface area contributed by atoms with Gasteiger partial charge in [0.25, 0.3) is 0 Å². The molecule has 0 bridgehead atoms. The van der Waals surface area contributed by atoms with Gasteiger partial charge < -0.3 is 10.6 Å². The number of fused-ring (bicyclic) bond motifs is 2. The molecule has 6 rings (SSSR count). The van der Waals surface area contributed by atoms with Crippen molar-refractivity contribution >= 4 is 63.2 Å². The summed E-state index contributed by atoms with van der Waals surface area (Å²) < 4.78 is 0. The molecular formula is C30H27N5O2S2. The summed E-state index contributed by atoms with van der Waals surface area (Å²) in [6.45, 7) is 6.25. The molecule has 0 aliphatic carbocycles. The highest BCUT2D eigenvalue weighted by atomic mass is 32.2. The Hall–Kier alpha value is -3.82. The van der Waals surface area contributed by atoms with Crippen LogP contribution in [-0.2, 0) is 21.5 Å². The van der Waals surface area contributed by atoms with Crippen LogP contribution in [0, 0.1) is 13.8 Å². The second-order valence-electron chi connectivity index (χ2n) is 10.3. The predicted molar refractivity (Wildman–Crippen MR) is 159 cm³/mol. The standard InChI is InChI=1S/C30H27N5O2S2/c1-17-9-11-22-20(13-17)24(16-30(3)21-14-18(2)10-12-23(21)31-28(38)34-30)33-29(32-22)39-25-15-26(36)35(27(25)37)19-7-5-4-6-8-19/h4-14,25H,15-16H2,1-3H3,(H2,31,34,38)/t25-,30+/m0/s1. The molecule has 196 valence electrons. The van der Waals surface area contributed by atoms with Gasteiger partial charge in [0.2, 0.25) is 11.8 Å². The van der Waals surface area contributed by atoms with Crippen molar-refractivity contribution in [2.45, 2.75) is 49.6 Å². The Morgan fingerprint density at radius 3 is 2.56 bits per heavy atom. The second-order valence-corrected chi connectivity index (χ2v) is 11.9. The Morgan fingerprint density at radius 1 is 1.03 bits per heavy atom. The van der Waals surface area contributed by atoms with Crippen LogP contribution in [0.5, 0.6) is 0 Å². The summed E-state index contributed by atoms with van der Waals surface area (Å²) in [5.74, 6) is -0.459. The highest BCUT2D eigenvalue weighted by Crippen LogP contribution is 2.38. The number of para-hydroxylation sites is 1. The Kier molecular flexibility index (Phi) is 6.35. The van der Waals surface area contributed by atoms with Gasteiger partial charge in [-0.2, -0.15) is 0 Å². The topological polar surface area (TPSA) is 87.2 Å². The highest BCUT2D eigenvalue weighted by Gasteiger charge is 2.41. The number of carbonyl (C=O) groups is 2. The van der Waals surface area contributed by atoms with Gasteiger partial charge >= 0.3 is 0 Å². The second kappa shape index (κ2) is 9.73. The van der Waals surface area contributed by atoms with E-state index in [1.54, 1.807) is 12.1 Å². The molecule has 0 spiro atoms. The number of aryl methyl sites for hydroxylation is 2. The lowest BCUT2D eigenvalue weighted by Crippen LogP contribution is -2.51.